The zero-order valence-corrected chi connectivity index (χ0v) is 7.90. The van der Waals surface area contributed by atoms with Gasteiger partial charge in [-0.05, 0) is 12.8 Å². The number of hydrogen-bond donors (Lipinski definition) is 1. The van der Waals surface area contributed by atoms with Crippen LogP contribution in [0.2, 0.25) is 0 Å². The molecule has 1 saturated heterocycles. The Morgan fingerprint density at radius 2 is 2.25 bits per heavy atom. The fourth-order valence-electron chi connectivity index (χ4n) is 1.39. The standard InChI is InChI=1S/C8H14N2OS/c9-7(12)6-10-5-3-1-2-4-8(10)11/h1-6H2,(H2,9,12). The molecule has 2 N–H and O–H groups in total. The highest BCUT2D eigenvalue weighted by Gasteiger charge is 2.16. The van der Waals surface area contributed by atoms with Gasteiger partial charge in [-0.15, -0.1) is 0 Å². The van der Waals surface area contributed by atoms with E-state index in [1.165, 1.54) is 0 Å². The summed E-state index contributed by atoms with van der Waals surface area (Å²) >= 11 is 4.76. The highest BCUT2D eigenvalue weighted by atomic mass is 32.1. The molecule has 0 aliphatic carbocycles. The van der Waals surface area contributed by atoms with Crippen molar-refractivity contribution in [3.8, 4) is 0 Å². The van der Waals surface area contributed by atoms with Crippen molar-refractivity contribution in [1.29, 1.82) is 0 Å². The van der Waals surface area contributed by atoms with Gasteiger partial charge in [0.05, 0.1) is 11.5 Å². The predicted molar refractivity (Wildman–Crippen MR) is 51.8 cm³/mol. The zero-order chi connectivity index (χ0) is 8.97. The Hall–Kier alpha value is -0.640. The van der Waals surface area contributed by atoms with Crippen molar-refractivity contribution < 1.29 is 4.79 Å². The van der Waals surface area contributed by atoms with Crippen molar-refractivity contribution >= 4 is 23.1 Å². The molecule has 1 aliphatic rings. The van der Waals surface area contributed by atoms with E-state index in [4.69, 9.17) is 18.0 Å². The van der Waals surface area contributed by atoms with Crippen molar-refractivity contribution in [1.82, 2.24) is 4.90 Å². The normalized spacial score (nSPS) is 19.0. The number of carbonyl (C=O) groups excluding carboxylic acids is 1. The summed E-state index contributed by atoms with van der Waals surface area (Å²) in [4.78, 5) is 13.5. The van der Waals surface area contributed by atoms with Crippen LogP contribution in [0.4, 0.5) is 0 Å². The van der Waals surface area contributed by atoms with Gasteiger partial charge in [0.1, 0.15) is 0 Å². The summed E-state index contributed by atoms with van der Waals surface area (Å²) in [5, 5.41) is 0. The Bertz CT molecular complexity index is 193. The summed E-state index contributed by atoms with van der Waals surface area (Å²) in [6.07, 6.45) is 3.88. The lowest BCUT2D eigenvalue weighted by molar-refractivity contribution is -0.129. The molecule has 0 aromatic heterocycles. The third kappa shape index (κ3) is 2.77. The summed E-state index contributed by atoms with van der Waals surface area (Å²) in [5.74, 6) is 0.195. The Labute approximate surface area is 77.9 Å². The number of nitrogens with two attached hydrogens (primary N) is 1. The van der Waals surface area contributed by atoms with Gasteiger partial charge in [-0.3, -0.25) is 4.79 Å². The molecule has 0 saturated carbocycles. The molecule has 1 fully saturated rings. The van der Waals surface area contributed by atoms with Gasteiger partial charge in [-0.2, -0.15) is 0 Å². The van der Waals surface area contributed by atoms with Crippen LogP contribution >= 0.6 is 12.2 Å². The Morgan fingerprint density at radius 1 is 1.50 bits per heavy atom. The predicted octanol–water partition coefficient (Wildman–Crippen LogP) is 0.675. The molecule has 68 valence electrons. The average Bonchev–Trinajstić information content (AvgIpc) is 2.16. The average molecular weight is 186 g/mol. The molecule has 0 unspecified atom stereocenters. The van der Waals surface area contributed by atoms with Gasteiger partial charge in [0.25, 0.3) is 0 Å². The molecule has 1 aliphatic heterocycles. The number of thiocarbonyl (C=S) groups is 1. The van der Waals surface area contributed by atoms with E-state index in [1.54, 1.807) is 4.90 Å². The molecule has 3 nitrogen and oxygen atoms in total. The second kappa shape index (κ2) is 4.40. The first kappa shape index (κ1) is 9.45. The number of likely N-dealkylation sites (tertiary alicyclic amines) is 1. The van der Waals surface area contributed by atoms with Crippen LogP contribution in [0.1, 0.15) is 25.7 Å². The molecule has 0 aromatic rings. The molecule has 1 heterocycles. The van der Waals surface area contributed by atoms with Gasteiger partial charge < -0.3 is 10.6 Å². The Balaban J connectivity index is 2.47. The largest absolute Gasteiger partial charge is 0.392 e. The monoisotopic (exact) mass is 186 g/mol. The van der Waals surface area contributed by atoms with Crippen molar-refractivity contribution in [2.75, 3.05) is 13.1 Å². The summed E-state index contributed by atoms with van der Waals surface area (Å²) in [7, 11) is 0. The minimum absolute atomic E-state index is 0.195. The van der Waals surface area contributed by atoms with Crippen molar-refractivity contribution in [3.05, 3.63) is 0 Å². The van der Waals surface area contributed by atoms with Crippen LogP contribution < -0.4 is 5.73 Å². The van der Waals surface area contributed by atoms with Gasteiger partial charge in [0, 0.05) is 13.0 Å². The second-order valence-corrected chi connectivity index (χ2v) is 3.62. The molecular formula is C8H14N2OS. The van der Waals surface area contributed by atoms with E-state index >= 15 is 0 Å². The number of nitrogens with zero attached hydrogens (tertiary/aromatic N) is 1. The van der Waals surface area contributed by atoms with Crippen LogP contribution in [0.25, 0.3) is 0 Å². The molecule has 0 bridgehead atoms. The molecule has 0 aromatic carbocycles. The number of carbonyl (C=O) groups is 1. The van der Waals surface area contributed by atoms with E-state index in [9.17, 15) is 4.79 Å². The third-order valence-corrected chi connectivity index (χ3v) is 2.15. The summed E-state index contributed by atoms with van der Waals surface area (Å²) in [6.45, 7) is 1.27. The van der Waals surface area contributed by atoms with Gasteiger partial charge >= 0.3 is 0 Å². The van der Waals surface area contributed by atoms with Crippen LogP contribution in [0, 0.1) is 0 Å². The van der Waals surface area contributed by atoms with Crippen LogP contribution in [0.3, 0.4) is 0 Å². The van der Waals surface area contributed by atoms with Crippen LogP contribution in [0.15, 0.2) is 0 Å². The van der Waals surface area contributed by atoms with Crippen molar-refractivity contribution in [2.24, 2.45) is 5.73 Å². The lowest BCUT2D eigenvalue weighted by Gasteiger charge is -2.19. The first-order valence-corrected chi connectivity index (χ1v) is 4.67. The third-order valence-electron chi connectivity index (χ3n) is 2.02. The van der Waals surface area contributed by atoms with Crippen LogP contribution in [-0.2, 0) is 4.79 Å². The van der Waals surface area contributed by atoms with Crippen LogP contribution in [-0.4, -0.2) is 28.9 Å². The van der Waals surface area contributed by atoms with E-state index in [0.29, 0.717) is 18.0 Å². The highest BCUT2D eigenvalue weighted by molar-refractivity contribution is 7.80. The first-order valence-electron chi connectivity index (χ1n) is 4.26. The zero-order valence-electron chi connectivity index (χ0n) is 7.08. The molecule has 0 atom stereocenters. The molecule has 12 heavy (non-hydrogen) atoms. The maximum atomic E-state index is 11.4. The van der Waals surface area contributed by atoms with Gasteiger partial charge in [-0.1, -0.05) is 18.6 Å². The van der Waals surface area contributed by atoms with Gasteiger partial charge in [0.2, 0.25) is 5.91 Å². The topological polar surface area (TPSA) is 46.3 Å². The summed E-state index contributed by atoms with van der Waals surface area (Å²) in [6, 6.07) is 0. The minimum Gasteiger partial charge on any atom is -0.392 e. The molecule has 1 rings (SSSR count). The van der Waals surface area contributed by atoms with Gasteiger partial charge in [-0.25, -0.2) is 0 Å². The molecule has 4 heteroatoms. The quantitative estimate of drug-likeness (QED) is 0.645. The molecule has 0 spiro atoms. The summed E-state index contributed by atoms with van der Waals surface area (Å²) < 4.78 is 0. The van der Waals surface area contributed by atoms with E-state index < -0.39 is 0 Å². The molecular weight excluding hydrogens is 172 g/mol. The second-order valence-electron chi connectivity index (χ2n) is 3.09. The fourth-order valence-corrected chi connectivity index (χ4v) is 1.55. The van der Waals surface area contributed by atoms with Crippen molar-refractivity contribution in [3.63, 3.8) is 0 Å². The van der Waals surface area contributed by atoms with E-state index in [2.05, 4.69) is 0 Å². The van der Waals surface area contributed by atoms with E-state index in [0.717, 1.165) is 25.8 Å². The van der Waals surface area contributed by atoms with Crippen LogP contribution in [0.5, 0.6) is 0 Å². The Morgan fingerprint density at radius 3 is 2.92 bits per heavy atom. The van der Waals surface area contributed by atoms with E-state index in [1.807, 2.05) is 0 Å². The maximum absolute atomic E-state index is 11.4. The number of rotatable bonds is 2. The lowest BCUT2D eigenvalue weighted by Crippen LogP contribution is -2.37. The van der Waals surface area contributed by atoms with Crippen molar-refractivity contribution in [2.45, 2.75) is 25.7 Å². The highest BCUT2D eigenvalue weighted by Crippen LogP contribution is 2.10. The van der Waals surface area contributed by atoms with Gasteiger partial charge in [0.15, 0.2) is 0 Å². The SMILES string of the molecule is NC(=S)CN1CCCCCC1=O. The fraction of sp³-hybridized carbons (Fsp3) is 0.750. The smallest absolute Gasteiger partial charge is 0.222 e. The molecule has 1 amide bonds. The first-order chi connectivity index (χ1) is 5.70. The number of amides is 1. The lowest BCUT2D eigenvalue weighted by atomic mass is 10.2. The summed E-state index contributed by atoms with van der Waals surface area (Å²) in [5.41, 5.74) is 5.37. The minimum atomic E-state index is 0.195. The molecule has 0 radical (unpaired) electrons. The Kier molecular flexibility index (Phi) is 3.47. The maximum Gasteiger partial charge on any atom is 0.222 e. The van der Waals surface area contributed by atoms with E-state index in [-0.39, 0.29) is 5.91 Å². The number of hydrogen-bond acceptors (Lipinski definition) is 2.